The standard InChI is InChI=1S/C17H15N3O2/c1-11-5-3-7-13(9-11)16-15(17(21)22)18-19-20(16)14-8-4-6-12(2)10-14/h3-10H,1-2H3,(H,21,22). The fourth-order valence-electron chi connectivity index (χ4n) is 2.42. The van der Waals surface area contributed by atoms with Gasteiger partial charge in [-0.1, -0.05) is 41.1 Å². The molecule has 0 amide bonds. The Morgan fingerprint density at radius 2 is 1.73 bits per heavy atom. The number of carboxylic acid groups (broad SMARTS) is 1. The molecular weight excluding hydrogens is 278 g/mol. The van der Waals surface area contributed by atoms with Crippen LogP contribution in [-0.4, -0.2) is 26.1 Å². The summed E-state index contributed by atoms with van der Waals surface area (Å²) in [5.41, 5.74) is 4.13. The number of hydrogen-bond donors (Lipinski definition) is 1. The third-order valence-corrected chi connectivity index (χ3v) is 3.41. The summed E-state index contributed by atoms with van der Waals surface area (Å²) >= 11 is 0. The van der Waals surface area contributed by atoms with Crippen molar-refractivity contribution in [3.05, 3.63) is 65.4 Å². The van der Waals surface area contributed by atoms with E-state index in [4.69, 9.17) is 0 Å². The first-order valence-corrected chi connectivity index (χ1v) is 6.89. The number of carboxylic acids is 1. The highest BCUT2D eigenvalue weighted by atomic mass is 16.4. The second-order valence-corrected chi connectivity index (χ2v) is 5.21. The van der Waals surface area contributed by atoms with E-state index in [1.54, 1.807) is 4.68 Å². The summed E-state index contributed by atoms with van der Waals surface area (Å²) in [7, 11) is 0. The lowest BCUT2D eigenvalue weighted by atomic mass is 10.1. The Kier molecular flexibility index (Phi) is 3.47. The molecule has 1 aromatic heterocycles. The molecular formula is C17H15N3O2. The van der Waals surface area contributed by atoms with E-state index >= 15 is 0 Å². The molecule has 0 bridgehead atoms. The molecule has 3 rings (SSSR count). The lowest BCUT2D eigenvalue weighted by molar-refractivity contribution is 0.0691. The van der Waals surface area contributed by atoms with E-state index in [0.29, 0.717) is 5.69 Å². The van der Waals surface area contributed by atoms with Gasteiger partial charge in [0.15, 0.2) is 5.69 Å². The number of aryl methyl sites for hydroxylation is 2. The number of hydrogen-bond acceptors (Lipinski definition) is 3. The molecule has 1 N–H and O–H groups in total. The van der Waals surface area contributed by atoms with Crippen LogP contribution in [0.3, 0.4) is 0 Å². The van der Waals surface area contributed by atoms with Crippen molar-refractivity contribution in [1.29, 1.82) is 0 Å². The van der Waals surface area contributed by atoms with Crippen LogP contribution in [0.2, 0.25) is 0 Å². The molecule has 0 unspecified atom stereocenters. The van der Waals surface area contributed by atoms with Gasteiger partial charge in [0.05, 0.1) is 5.69 Å². The monoisotopic (exact) mass is 293 g/mol. The molecule has 0 spiro atoms. The number of carbonyl (C=O) groups is 1. The average molecular weight is 293 g/mol. The van der Waals surface area contributed by atoms with Gasteiger partial charge in [0.25, 0.3) is 0 Å². The Morgan fingerprint density at radius 1 is 1.05 bits per heavy atom. The van der Waals surface area contributed by atoms with Crippen LogP contribution in [0.15, 0.2) is 48.5 Å². The molecule has 22 heavy (non-hydrogen) atoms. The molecule has 0 saturated carbocycles. The van der Waals surface area contributed by atoms with E-state index in [9.17, 15) is 9.90 Å². The summed E-state index contributed by atoms with van der Waals surface area (Å²) in [4.78, 5) is 11.5. The van der Waals surface area contributed by atoms with Crippen molar-refractivity contribution >= 4 is 5.97 Å². The van der Waals surface area contributed by atoms with Crippen molar-refractivity contribution in [1.82, 2.24) is 15.0 Å². The minimum Gasteiger partial charge on any atom is -0.476 e. The molecule has 0 atom stereocenters. The summed E-state index contributed by atoms with van der Waals surface area (Å²) in [6.45, 7) is 3.94. The molecule has 2 aromatic carbocycles. The highest BCUT2D eigenvalue weighted by Gasteiger charge is 2.21. The molecule has 0 saturated heterocycles. The average Bonchev–Trinajstić information content (AvgIpc) is 2.92. The predicted molar refractivity (Wildman–Crippen MR) is 83.2 cm³/mol. The fraction of sp³-hybridized carbons (Fsp3) is 0.118. The van der Waals surface area contributed by atoms with Crippen LogP contribution in [0, 0.1) is 13.8 Å². The molecule has 110 valence electrons. The maximum absolute atomic E-state index is 11.5. The highest BCUT2D eigenvalue weighted by Crippen LogP contribution is 2.26. The molecule has 0 radical (unpaired) electrons. The van der Waals surface area contributed by atoms with Gasteiger partial charge in [-0.2, -0.15) is 0 Å². The molecule has 1 heterocycles. The predicted octanol–water partition coefficient (Wildman–Crippen LogP) is 3.25. The molecule has 0 aliphatic heterocycles. The Morgan fingerprint density at radius 3 is 2.36 bits per heavy atom. The van der Waals surface area contributed by atoms with Gasteiger partial charge in [0.2, 0.25) is 0 Å². The van der Waals surface area contributed by atoms with E-state index < -0.39 is 5.97 Å². The third kappa shape index (κ3) is 2.48. The zero-order valence-electron chi connectivity index (χ0n) is 12.3. The van der Waals surface area contributed by atoms with Crippen LogP contribution >= 0.6 is 0 Å². The molecule has 0 aliphatic carbocycles. The van der Waals surface area contributed by atoms with Crippen molar-refractivity contribution in [2.24, 2.45) is 0 Å². The van der Waals surface area contributed by atoms with Gasteiger partial charge in [-0.15, -0.1) is 5.10 Å². The van der Waals surface area contributed by atoms with Crippen LogP contribution in [0.4, 0.5) is 0 Å². The number of aromatic nitrogens is 3. The largest absolute Gasteiger partial charge is 0.476 e. The van der Waals surface area contributed by atoms with Crippen molar-refractivity contribution in [2.45, 2.75) is 13.8 Å². The second-order valence-electron chi connectivity index (χ2n) is 5.21. The van der Waals surface area contributed by atoms with Gasteiger partial charge in [0.1, 0.15) is 5.69 Å². The highest BCUT2D eigenvalue weighted by molar-refractivity contribution is 5.93. The van der Waals surface area contributed by atoms with Crippen molar-refractivity contribution in [3.8, 4) is 16.9 Å². The summed E-state index contributed by atoms with van der Waals surface area (Å²) in [6.07, 6.45) is 0. The van der Waals surface area contributed by atoms with Crippen LogP contribution in [0.5, 0.6) is 0 Å². The summed E-state index contributed by atoms with van der Waals surface area (Å²) in [5, 5.41) is 17.3. The van der Waals surface area contributed by atoms with Gasteiger partial charge < -0.3 is 5.11 Å². The molecule has 5 heteroatoms. The van der Waals surface area contributed by atoms with E-state index in [1.807, 2.05) is 62.4 Å². The van der Waals surface area contributed by atoms with E-state index in [-0.39, 0.29) is 5.69 Å². The number of aromatic carboxylic acids is 1. The topological polar surface area (TPSA) is 68.0 Å². The molecule has 0 aliphatic rings. The summed E-state index contributed by atoms with van der Waals surface area (Å²) < 4.78 is 1.57. The third-order valence-electron chi connectivity index (χ3n) is 3.41. The first-order valence-electron chi connectivity index (χ1n) is 6.89. The molecule has 5 nitrogen and oxygen atoms in total. The van der Waals surface area contributed by atoms with Crippen molar-refractivity contribution in [2.75, 3.05) is 0 Å². The van der Waals surface area contributed by atoms with Crippen LogP contribution in [0.1, 0.15) is 21.6 Å². The van der Waals surface area contributed by atoms with Gasteiger partial charge >= 0.3 is 5.97 Å². The van der Waals surface area contributed by atoms with Crippen molar-refractivity contribution < 1.29 is 9.90 Å². The Balaban J connectivity index is 2.26. The normalized spacial score (nSPS) is 10.6. The number of rotatable bonds is 3. The molecule has 0 fully saturated rings. The maximum Gasteiger partial charge on any atom is 0.358 e. The summed E-state index contributed by atoms with van der Waals surface area (Å²) in [6, 6.07) is 15.4. The summed E-state index contributed by atoms with van der Waals surface area (Å²) in [5.74, 6) is -1.09. The lowest BCUT2D eigenvalue weighted by Crippen LogP contribution is -2.03. The van der Waals surface area contributed by atoms with Gasteiger partial charge in [0, 0.05) is 5.56 Å². The minimum absolute atomic E-state index is 0.0490. The van der Waals surface area contributed by atoms with Gasteiger partial charge in [-0.25, -0.2) is 9.48 Å². The van der Waals surface area contributed by atoms with Crippen LogP contribution < -0.4 is 0 Å². The van der Waals surface area contributed by atoms with E-state index in [0.717, 1.165) is 22.4 Å². The zero-order chi connectivity index (χ0) is 15.7. The van der Waals surface area contributed by atoms with Crippen molar-refractivity contribution in [3.63, 3.8) is 0 Å². The van der Waals surface area contributed by atoms with Gasteiger partial charge in [-0.3, -0.25) is 0 Å². The Labute approximate surface area is 127 Å². The van der Waals surface area contributed by atoms with Gasteiger partial charge in [-0.05, 0) is 37.6 Å². The fourth-order valence-corrected chi connectivity index (χ4v) is 2.42. The minimum atomic E-state index is -1.09. The lowest BCUT2D eigenvalue weighted by Gasteiger charge is -2.08. The first-order chi connectivity index (χ1) is 10.6. The van der Waals surface area contributed by atoms with Crippen LogP contribution in [-0.2, 0) is 0 Å². The maximum atomic E-state index is 11.5. The Hall–Kier alpha value is -2.95. The zero-order valence-corrected chi connectivity index (χ0v) is 12.3. The smallest absolute Gasteiger partial charge is 0.358 e. The quantitative estimate of drug-likeness (QED) is 0.805. The Bertz CT molecular complexity index is 853. The number of benzene rings is 2. The first kappa shape index (κ1) is 14.0. The number of nitrogens with zero attached hydrogens (tertiary/aromatic N) is 3. The second kappa shape index (κ2) is 5.44. The van der Waals surface area contributed by atoms with E-state index in [2.05, 4.69) is 10.3 Å². The molecule has 3 aromatic rings. The SMILES string of the molecule is Cc1cccc(-c2c(C(=O)O)nnn2-c2cccc(C)c2)c1. The van der Waals surface area contributed by atoms with Crippen LogP contribution in [0.25, 0.3) is 16.9 Å². The van der Waals surface area contributed by atoms with E-state index in [1.165, 1.54) is 0 Å².